The first-order valence-corrected chi connectivity index (χ1v) is 13.6. The second kappa shape index (κ2) is 11.3. The van der Waals surface area contributed by atoms with Crippen molar-refractivity contribution >= 4 is 39.2 Å². The van der Waals surface area contributed by atoms with Gasteiger partial charge in [-0.3, -0.25) is 9.59 Å². The number of nitrogens with one attached hydrogen (secondary N) is 2. The second-order valence-electron chi connectivity index (χ2n) is 8.44. The minimum absolute atomic E-state index is 0.0944. The fourth-order valence-corrected chi connectivity index (χ4v) is 6.31. The molecule has 1 amide bonds. The van der Waals surface area contributed by atoms with Gasteiger partial charge in [0.1, 0.15) is 4.83 Å². The lowest BCUT2D eigenvalue weighted by molar-refractivity contribution is -0.118. The van der Waals surface area contributed by atoms with E-state index in [-0.39, 0.29) is 17.2 Å². The molecule has 9 heteroatoms. The van der Waals surface area contributed by atoms with Gasteiger partial charge >= 0.3 is 0 Å². The molecule has 1 atom stereocenters. The van der Waals surface area contributed by atoms with Gasteiger partial charge in [0.2, 0.25) is 5.91 Å². The molecule has 0 saturated heterocycles. The molecule has 1 aromatic carbocycles. The average molecular weight is 502 g/mol. The Morgan fingerprint density at radius 3 is 2.85 bits per heavy atom. The van der Waals surface area contributed by atoms with Crippen LogP contribution in [0.1, 0.15) is 43.2 Å². The number of amides is 1. The number of thioether (sulfide) groups is 1. The lowest BCUT2D eigenvalue weighted by Gasteiger charge is -2.17. The average Bonchev–Trinajstić information content (AvgIpc) is 3.17. The van der Waals surface area contributed by atoms with Gasteiger partial charge in [0.15, 0.2) is 16.7 Å². The number of H-pyrrole nitrogens is 1. The lowest BCUT2D eigenvalue weighted by Crippen LogP contribution is -2.27. The van der Waals surface area contributed by atoms with Crippen LogP contribution in [0, 0.1) is 5.92 Å². The molecule has 2 aromatic heterocycles. The minimum Gasteiger partial charge on any atom is -0.490 e. The van der Waals surface area contributed by atoms with Gasteiger partial charge in [-0.15, -0.1) is 11.3 Å². The van der Waals surface area contributed by atoms with E-state index in [0.717, 1.165) is 46.5 Å². The van der Waals surface area contributed by atoms with Gasteiger partial charge in [0, 0.05) is 11.4 Å². The summed E-state index contributed by atoms with van der Waals surface area (Å²) in [5.41, 5.74) is 2.13. The highest BCUT2D eigenvalue weighted by atomic mass is 32.2. The van der Waals surface area contributed by atoms with Crippen molar-refractivity contribution in [3.8, 4) is 11.5 Å². The molecule has 0 fully saturated rings. The van der Waals surface area contributed by atoms with Gasteiger partial charge in [-0.25, -0.2) is 4.98 Å². The van der Waals surface area contributed by atoms with E-state index in [1.807, 2.05) is 32.0 Å². The van der Waals surface area contributed by atoms with Gasteiger partial charge in [0.05, 0.1) is 24.4 Å². The maximum Gasteiger partial charge on any atom is 0.260 e. The van der Waals surface area contributed by atoms with Crippen LogP contribution < -0.4 is 20.3 Å². The van der Waals surface area contributed by atoms with Crippen molar-refractivity contribution in [2.24, 2.45) is 5.92 Å². The number of aryl methyl sites for hydroxylation is 1. The third-order valence-electron chi connectivity index (χ3n) is 5.83. The zero-order valence-electron chi connectivity index (χ0n) is 19.9. The van der Waals surface area contributed by atoms with E-state index >= 15 is 0 Å². The molecule has 1 unspecified atom stereocenters. The van der Waals surface area contributed by atoms with E-state index in [9.17, 15) is 9.59 Å². The van der Waals surface area contributed by atoms with E-state index < -0.39 is 0 Å². The van der Waals surface area contributed by atoms with E-state index in [2.05, 4.69) is 22.2 Å². The number of rotatable bonds is 10. The molecule has 2 heterocycles. The van der Waals surface area contributed by atoms with Crippen LogP contribution in [0.15, 0.2) is 28.2 Å². The van der Waals surface area contributed by atoms with Crippen LogP contribution in [0.3, 0.4) is 0 Å². The molecule has 0 spiro atoms. The molecule has 1 aliphatic rings. The molecule has 4 rings (SSSR count). The largest absolute Gasteiger partial charge is 0.490 e. The summed E-state index contributed by atoms with van der Waals surface area (Å²) in [6, 6.07) is 5.85. The topological polar surface area (TPSA) is 93.3 Å². The van der Waals surface area contributed by atoms with Gasteiger partial charge in [-0.05, 0) is 68.7 Å². The fraction of sp³-hybridized carbons (Fsp3) is 0.480. The Hall–Kier alpha value is -2.52. The van der Waals surface area contributed by atoms with Crippen molar-refractivity contribution in [2.75, 3.05) is 25.5 Å². The number of benzene rings is 1. The van der Waals surface area contributed by atoms with Crippen molar-refractivity contribution < 1.29 is 14.3 Å². The van der Waals surface area contributed by atoms with Crippen LogP contribution in [0.4, 0.5) is 0 Å². The predicted molar refractivity (Wildman–Crippen MR) is 138 cm³/mol. The third kappa shape index (κ3) is 5.75. The molecule has 182 valence electrons. The first-order valence-electron chi connectivity index (χ1n) is 11.8. The van der Waals surface area contributed by atoms with Crippen LogP contribution in [-0.2, 0) is 24.1 Å². The molecule has 1 aliphatic carbocycles. The minimum atomic E-state index is -0.0967. The SMILES string of the molecule is CCOc1ccc(CCNC(=O)CSc2nc3sc4c(c3c(=O)[nH]2)CCC(C)C4)cc1OCC. The van der Waals surface area contributed by atoms with Crippen molar-refractivity contribution in [1.29, 1.82) is 0 Å². The fourth-order valence-electron chi connectivity index (χ4n) is 4.18. The highest BCUT2D eigenvalue weighted by Crippen LogP contribution is 2.36. The van der Waals surface area contributed by atoms with Crippen LogP contribution in [0.25, 0.3) is 10.2 Å². The highest BCUT2D eigenvalue weighted by Gasteiger charge is 2.23. The molecule has 0 saturated carbocycles. The summed E-state index contributed by atoms with van der Waals surface area (Å²) >= 11 is 2.88. The number of carbonyl (C=O) groups is 1. The first kappa shape index (κ1) is 24.6. The van der Waals surface area contributed by atoms with Crippen molar-refractivity contribution in [3.05, 3.63) is 44.6 Å². The molecule has 0 radical (unpaired) electrons. The summed E-state index contributed by atoms with van der Waals surface area (Å²) in [6.07, 6.45) is 3.75. The van der Waals surface area contributed by atoms with Crippen molar-refractivity contribution in [2.45, 2.75) is 51.6 Å². The molecular formula is C25H31N3O4S2. The second-order valence-corrected chi connectivity index (χ2v) is 10.5. The molecule has 3 aromatic rings. The number of aromatic amines is 1. The number of nitrogens with zero attached hydrogens (tertiary/aromatic N) is 1. The lowest BCUT2D eigenvalue weighted by atomic mass is 9.89. The summed E-state index contributed by atoms with van der Waals surface area (Å²) in [5, 5.41) is 4.17. The van der Waals surface area contributed by atoms with Crippen LogP contribution in [0.5, 0.6) is 11.5 Å². The summed E-state index contributed by atoms with van der Waals surface area (Å²) in [6.45, 7) is 7.78. The molecule has 34 heavy (non-hydrogen) atoms. The van der Waals surface area contributed by atoms with Crippen molar-refractivity contribution in [3.63, 3.8) is 0 Å². The maximum atomic E-state index is 12.7. The molecule has 0 bridgehead atoms. The zero-order chi connectivity index (χ0) is 24.1. The Kier molecular flexibility index (Phi) is 8.15. The molecule has 7 nitrogen and oxygen atoms in total. The van der Waals surface area contributed by atoms with Crippen LogP contribution >= 0.6 is 23.1 Å². The Bertz CT molecular complexity index is 1220. The Balaban J connectivity index is 1.31. The third-order valence-corrected chi connectivity index (χ3v) is 7.85. The van der Waals surface area contributed by atoms with Gasteiger partial charge < -0.3 is 19.8 Å². The van der Waals surface area contributed by atoms with Gasteiger partial charge in [0.25, 0.3) is 5.56 Å². The Morgan fingerprint density at radius 2 is 2.06 bits per heavy atom. The van der Waals surface area contributed by atoms with Gasteiger partial charge in [-0.1, -0.05) is 24.8 Å². The quantitative estimate of drug-likeness (QED) is 0.317. The smallest absolute Gasteiger partial charge is 0.260 e. The van der Waals surface area contributed by atoms with E-state index in [4.69, 9.17) is 9.47 Å². The summed E-state index contributed by atoms with van der Waals surface area (Å²) < 4.78 is 11.3. The summed E-state index contributed by atoms with van der Waals surface area (Å²) in [5.74, 6) is 2.20. The molecule has 2 N–H and O–H groups in total. The number of carbonyl (C=O) groups excluding carboxylic acids is 1. The number of fused-ring (bicyclic) bond motifs is 3. The normalized spacial score (nSPS) is 15.2. The number of hydrogen-bond acceptors (Lipinski definition) is 7. The van der Waals surface area contributed by atoms with Gasteiger partial charge in [-0.2, -0.15) is 0 Å². The Morgan fingerprint density at radius 1 is 1.26 bits per heavy atom. The number of thiophene rings is 1. The predicted octanol–water partition coefficient (Wildman–Crippen LogP) is 4.36. The molecular weight excluding hydrogens is 470 g/mol. The Labute approximate surface area is 207 Å². The molecule has 0 aliphatic heterocycles. The summed E-state index contributed by atoms with van der Waals surface area (Å²) in [4.78, 5) is 34.6. The number of ether oxygens (including phenoxy) is 2. The first-order chi connectivity index (χ1) is 16.5. The number of hydrogen-bond donors (Lipinski definition) is 2. The van der Waals surface area contributed by atoms with Crippen LogP contribution in [0.2, 0.25) is 0 Å². The van der Waals surface area contributed by atoms with Crippen molar-refractivity contribution in [1.82, 2.24) is 15.3 Å². The highest BCUT2D eigenvalue weighted by molar-refractivity contribution is 7.99. The standard InChI is InChI=1S/C25H31N3O4S2/c1-4-31-18-9-7-16(13-19(18)32-5-2)10-11-26-21(29)14-33-25-27-23(30)22-17-8-6-15(3)12-20(17)34-24(22)28-25/h7,9,13,15H,4-6,8,10-12,14H2,1-3H3,(H,26,29)(H,27,28,30). The zero-order valence-corrected chi connectivity index (χ0v) is 21.5. The monoisotopic (exact) mass is 501 g/mol. The summed E-state index contributed by atoms with van der Waals surface area (Å²) in [7, 11) is 0. The van der Waals surface area contributed by atoms with E-state index in [1.54, 1.807) is 11.3 Å². The van der Waals surface area contributed by atoms with Crippen LogP contribution in [-0.4, -0.2) is 41.4 Å². The maximum absolute atomic E-state index is 12.7. The van der Waals surface area contributed by atoms with E-state index in [0.29, 0.717) is 37.3 Å². The van der Waals surface area contributed by atoms with E-state index in [1.165, 1.54) is 22.2 Å². The number of aromatic nitrogens is 2.